The van der Waals surface area contributed by atoms with E-state index in [0.29, 0.717) is 12.3 Å². The molecule has 0 spiro atoms. The lowest BCUT2D eigenvalue weighted by molar-refractivity contribution is -0.133. The number of carbonyl (C=O) groups excluding carboxylic acids is 2. The summed E-state index contributed by atoms with van der Waals surface area (Å²) >= 11 is 1.43. The SMILES string of the molecule is CC(C)NC(=O)C1CCCN(C(=O)CSc2nccc3ncccc23)C1. The summed E-state index contributed by atoms with van der Waals surface area (Å²) in [4.78, 5) is 35.4. The topological polar surface area (TPSA) is 75.2 Å². The average Bonchev–Trinajstić information content (AvgIpc) is 2.65. The minimum Gasteiger partial charge on any atom is -0.354 e. The Kier molecular flexibility index (Phi) is 6.08. The summed E-state index contributed by atoms with van der Waals surface area (Å²) in [6.07, 6.45) is 5.17. The van der Waals surface area contributed by atoms with Gasteiger partial charge in [0.25, 0.3) is 0 Å². The quantitative estimate of drug-likeness (QED) is 0.816. The molecule has 2 amide bonds. The number of fused-ring (bicyclic) bond motifs is 1. The smallest absolute Gasteiger partial charge is 0.233 e. The number of piperidine rings is 1. The lowest BCUT2D eigenvalue weighted by Crippen LogP contribution is -2.47. The third-order valence-electron chi connectivity index (χ3n) is 4.40. The van der Waals surface area contributed by atoms with Gasteiger partial charge in [-0.3, -0.25) is 14.6 Å². The predicted molar refractivity (Wildman–Crippen MR) is 103 cm³/mol. The van der Waals surface area contributed by atoms with Gasteiger partial charge in [-0.2, -0.15) is 0 Å². The molecule has 0 aromatic carbocycles. The molecule has 2 aromatic heterocycles. The van der Waals surface area contributed by atoms with Crippen molar-refractivity contribution in [3.8, 4) is 0 Å². The van der Waals surface area contributed by atoms with Gasteiger partial charge in [-0.15, -0.1) is 0 Å². The van der Waals surface area contributed by atoms with Gasteiger partial charge in [-0.05, 0) is 44.9 Å². The van der Waals surface area contributed by atoms with E-state index in [2.05, 4.69) is 15.3 Å². The summed E-state index contributed by atoms with van der Waals surface area (Å²) in [5, 5.41) is 4.72. The first-order chi connectivity index (χ1) is 12.5. The van der Waals surface area contributed by atoms with E-state index >= 15 is 0 Å². The van der Waals surface area contributed by atoms with Crippen molar-refractivity contribution in [3.63, 3.8) is 0 Å². The fraction of sp³-hybridized carbons (Fsp3) is 0.474. The number of pyridine rings is 2. The van der Waals surface area contributed by atoms with Crippen LogP contribution in [0.4, 0.5) is 0 Å². The molecule has 0 radical (unpaired) electrons. The van der Waals surface area contributed by atoms with Crippen LogP contribution in [0.15, 0.2) is 35.6 Å². The number of rotatable bonds is 5. The van der Waals surface area contributed by atoms with E-state index in [1.165, 1.54) is 11.8 Å². The minimum atomic E-state index is -0.111. The van der Waals surface area contributed by atoms with Crippen LogP contribution in [0.3, 0.4) is 0 Å². The van der Waals surface area contributed by atoms with E-state index in [4.69, 9.17) is 0 Å². The molecule has 1 N–H and O–H groups in total. The van der Waals surface area contributed by atoms with E-state index in [1.807, 2.05) is 36.9 Å². The average molecular weight is 372 g/mol. The number of hydrogen-bond acceptors (Lipinski definition) is 5. The van der Waals surface area contributed by atoms with E-state index < -0.39 is 0 Å². The Hall–Kier alpha value is -2.15. The molecule has 0 aliphatic carbocycles. The number of nitrogens with zero attached hydrogens (tertiary/aromatic N) is 3. The Morgan fingerprint density at radius 2 is 2.15 bits per heavy atom. The van der Waals surface area contributed by atoms with E-state index in [9.17, 15) is 9.59 Å². The molecule has 1 aliphatic rings. The molecule has 3 heterocycles. The third-order valence-corrected chi connectivity index (χ3v) is 5.39. The van der Waals surface area contributed by atoms with Crippen LogP contribution in [-0.2, 0) is 9.59 Å². The van der Waals surface area contributed by atoms with Gasteiger partial charge in [0, 0.05) is 36.9 Å². The monoisotopic (exact) mass is 372 g/mol. The van der Waals surface area contributed by atoms with Crippen molar-refractivity contribution in [1.29, 1.82) is 0 Å². The van der Waals surface area contributed by atoms with Gasteiger partial charge < -0.3 is 10.2 Å². The first kappa shape index (κ1) is 18.6. The van der Waals surface area contributed by atoms with Crippen LogP contribution < -0.4 is 5.32 Å². The largest absolute Gasteiger partial charge is 0.354 e. The normalized spacial score (nSPS) is 17.5. The van der Waals surface area contributed by atoms with Crippen molar-refractivity contribution < 1.29 is 9.59 Å². The van der Waals surface area contributed by atoms with Gasteiger partial charge in [0.2, 0.25) is 11.8 Å². The molecule has 1 saturated heterocycles. The highest BCUT2D eigenvalue weighted by molar-refractivity contribution is 8.00. The van der Waals surface area contributed by atoms with Crippen LogP contribution >= 0.6 is 11.8 Å². The highest BCUT2D eigenvalue weighted by Gasteiger charge is 2.28. The summed E-state index contributed by atoms with van der Waals surface area (Å²) in [5.41, 5.74) is 0.876. The molecular weight excluding hydrogens is 348 g/mol. The second-order valence-electron chi connectivity index (χ2n) is 6.82. The highest BCUT2D eigenvalue weighted by Crippen LogP contribution is 2.25. The summed E-state index contributed by atoms with van der Waals surface area (Å²) in [5.74, 6) is 0.311. The van der Waals surface area contributed by atoms with Gasteiger partial charge in [0.05, 0.1) is 17.2 Å². The number of hydrogen-bond donors (Lipinski definition) is 1. The fourth-order valence-electron chi connectivity index (χ4n) is 3.13. The molecule has 1 aliphatic heterocycles. The lowest BCUT2D eigenvalue weighted by atomic mass is 9.97. The summed E-state index contributed by atoms with van der Waals surface area (Å²) in [7, 11) is 0. The Labute approximate surface area is 157 Å². The molecule has 26 heavy (non-hydrogen) atoms. The highest BCUT2D eigenvalue weighted by atomic mass is 32.2. The Balaban J connectivity index is 1.60. The maximum absolute atomic E-state index is 12.6. The number of nitrogens with one attached hydrogen (secondary N) is 1. The van der Waals surface area contributed by atoms with Crippen LogP contribution in [0, 0.1) is 5.92 Å². The molecule has 0 bridgehead atoms. The maximum atomic E-state index is 12.6. The van der Waals surface area contributed by atoms with Crippen molar-refractivity contribution in [2.24, 2.45) is 5.92 Å². The third kappa shape index (κ3) is 4.52. The number of carbonyl (C=O) groups is 2. The molecule has 1 atom stereocenters. The molecule has 1 unspecified atom stereocenters. The van der Waals surface area contributed by atoms with Crippen molar-refractivity contribution >= 4 is 34.5 Å². The Morgan fingerprint density at radius 3 is 2.96 bits per heavy atom. The zero-order valence-corrected chi connectivity index (χ0v) is 16.0. The maximum Gasteiger partial charge on any atom is 0.233 e. The number of thioether (sulfide) groups is 1. The van der Waals surface area contributed by atoms with Crippen LogP contribution in [0.2, 0.25) is 0 Å². The minimum absolute atomic E-state index is 0.0481. The molecule has 1 fully saturated rings. The molecule has 138 valence electrons. The van der Waals surface area contributed by atoms with E-state index in [1.54, 1.807) is 12.4 Å². The van der Waals surface area contributed by atoms with Gasteiger partial charge in [-0.25, -0.2) is 4.98 Å². The van der Waals surface area contributed by atoms with E-state index in [-0.39, 0.29) is 23.8 Å². The lowest BCUT2D eigenvalue weighted by Gasteiger charge is -2.32. The van der Waals surface area contributed by atoms with Crippen molar-refractivity contribution in [1.82, 2.24) is 20.2 Å². The fourth-order valence-corrected chi connectivity index (χ4v) is 4.04. The van der Waals surface area contributed by atoms with Gasteiger partial charge >= 0.3 is 0 Å². The molecule has 7 heteroatoms. The molecule has 3 rings (SSSR count). The zero-order valence-electron chi connectivity index (χ0n) is 15.1. The van der Waals surface area contributed by atoms with Crippen molar-refractivity contribution in [2.45, 2.75) is 37.8 Å². The second kappa shape index (κ2) is 8.49. The Bertz CT molecular complexity index is 791. The van der Waals surface area contributed by atoms with Crippen LogP contribution in [0.25, 0.3) is 10.9 Å². The van der Waals surface area contributed by atoms with Crippen LogP contribution in [-0.4, -0.2) is 51.6 Å². The standard InChI is InChI=1S/C19H24N4O2S/c1-13(2)22-18(25)14-5-4-10-23(11-14)17(24)12-26-19-15-6-3-8-20-16(15)7-9-21-19/h3,6-9,13-14H,4-5,10-12H2,1-2H3,(H,22,25). The first-order valence-electron chi connectivity index (χ1n) is 8.95. The van der Waals surface area contributed by atoms with Crippen LogP contribution in [0.1, 0.15) is 26.7 Å². The van der Waals surface area contributed by atoms with Crippen LogP contribution in [0.5, 0.6) is 0 Å². The summed E-state index contributed by atoms with van der Waals surface area (Å²) in [6, 6.07) is 5.83. The zero-order chi connectivity index (χ0) is 18.5. The molecule has 2 aromatic rings. The van der Waals surface area contributed by atoms with Gasteiger partial charge in [-0.1, -0.05) is 11.8 Å². The number of aromatic nitrogens is 2. The summed E-state index contributed by atoms with van der Waals surface area (Å²) < 4.78 is 0. The van der Waals surface area contributed by atoms with Gasteiger partial charge in [0.15, 0.2) is 0 Å². The first-order valence-corrected chi connectivity index (χ1v) is 9.94. The van der Waals surface area contributed by atoms with Crippen molar-refractivity contribution in [3.05, 3.63) is 30.6 Å². The van der Waals surface area contributed by atoms with Crippen molar-refractivity contribution in [2.75, 3.05) is 18.8 Å². The molecular formula is C19H24N4O2S. The molecule has 0 saturated carbocycles. The summed E-state index contributed by atoms with van der Waals surface area (Å²) in [6.45, 7) is 5.12. The number of likely N-dealkylation sites (tertiary alicyclic amines) is 1. The van der Waals surface area contributed by atoms with Gasteiger partial charge in [0.1, 0.15) is 5.03 Å². The molecule has 6 nitrogen and oxygen atoms in total. The Morgan fingerprint density at radius 1 is 1.31 bits per heavy atom. The number of amides is 2. The predicted octanol–water partition coefficient (Wildman–Crippen LogP) is 2.49. The second-order valence-corrected chi connectivity index (χ2v) is 7.78. The van der Waals surface area contributed by atoms with E-state index in [0.717, 1.165) is 35.3 Å².